The molecule has 2 nitrogen and oxygen atoms in total. The van der Waals surface area contributed by atoms with E-state index in [-0.39, 0.29) is 5.41 Å². The van der Waals surface area contributed by atoms with Gasteiger partial charge in [0, 0.05) is 11.1 Å². The zero-order valence-electron chi connectivity index (χ0n) is 17.0. The number of aromatic nitrogens is 2. The number of aryl methyl sites for hydroxylation is 4. The smallest absolute Gasteiger partial charge is 0.125 e. The maximum absolute atomic E-state index is 4.97. The molecule has 2 aromatic rings. The van der Waals surface area contributed by atoms with E-state index in [1.54, 1.807) is 0 Å². The summed E-state index contributed by atoms with van der Waals surface area (Å²) in [5.41, 5.74) is 8.26. The Morgan fingerprint density at radius 2 is 1.92 bits per heavy atom. The summed E-state index contributed by atoms with van der Waals surface area (Å²) in [5, 5.41) is 0. The highest BCUT2D eigenvalue weighted by molar-refractivity contribution is 5.48. The third-order valence-corrected chi connectivity index (χ3v) is 6.84. The lowest BCUT2D eigenvalue weighted by atomic mass is 9.77. The molecule has 0 spiro atoms. The van der Waals surface area contributed by atoms with Crippen molar-refractivity contribution in [3.8, 4) is 0 Å². The Labute approximate surface area is 158 Å². The Morgan fingerprint density at radius 3 is 2.62 bits per heavy atom. The van der Waals surface area contributed by atoms with Crippen LogP contribution in [0, 0.1) is 32.6 Å². The molecule has 0 N–H and O–H groups in total. The summed E-state index contributed by atoms with van der Waals surface area (Å²) >= 11 is 0. The van der Waals surface area contributed by atoms with Crippen LogP contribution in [0.1, 0.15) is 79.0 Å². The summed E-state index contributed by atoms with van der Waals surface area (Å²) in [6, 6.07) is 6.88. The molecule has 1 fully saturated rings. The van der Waals surface area contributed by atoms with Gasteiger partial charge in [0.1, 0.15) is 5.82 Å². The molecule has 0 aliphatic heterocycles. The lowest BCUT2D eigenvalue weighted by molar-refractivity contribution is 0.466. The van der Waals surface area contributed by atoms with Crippen molar-refractivity contribution < 1.29 is 0 Å². The zero-order chi connectivity index (χ0) is 18.5. The first-order valence-electron chi connectivity index (χ1n) is 10.3. The van der Waals surface area contributed by atoms with E-state index in [1.165, 1.54) is 52.9 Å². The molecule has 1 heterocycles. The van der Waals surface area contributed by atoms with E-state index in [0.717, 1.165) is 36.9 Å². The average Bonchev–Trinajstić information content (AvgIpc) is 3.38. The number of hydrogen-bond donors (Lipinski definition) is 0. The van der Waals surface area contributed by atoms with E-state index in [9.17, 15) is 0 Å². The second kappa shape index (κ2) is 6.48. The molecule has 26 heavy (non-hydrogen) atoms. The fraction of sp³-hybridized carbons (Fsp3) is 0.583. The van der Waals surface area contributed by atoms with Crippen molar-refractivity contribution in [1.29, 1.82) is 0 Å². The lowest BCUT2D eigenvalue weighted by Gasteiger charge is -2.27. The minimum atomic E-state index is 0.0255. The van der Waals surface area contributed by atoms with Gasteiger partial charge in [-0.05, 0) is 94.7 Å². The molecule has 0 amide bonds. The minimum absolute atomic E-state index is 0.0255. The topological polar surface area (TPSA) is 25.8 Å². The van der Waals surface area contributed by atoms with E-state index in [0.29, 0.717) is 0 Å². The average molecular weight is 349 g/mol. The van der Waals surface area contributed by atoms with Gasteiger partial charge in [-0.3, -0.25) is 0 Å². The second-order valence-corrected chi connectivity index (χ2v) is 9.05. The molecule has 1 aromatic heterocycles. The molecule has 4 rings (SSSR count). The van der Waals surface area contributed by atoms with E-state index < -0.39 is 0 Å². The van der Waals surface area contributed by atoms with Crippen LogP contribution in [0.5, 0.6) is 0 Å². The molecule has 2 aliphatic rings. The molecule has 2 unspecified atom stereocenters. The quantitative estimate of drug-likeness (QED) is 0.699. The molecule has 2 aliphatic carbocycles. The molecule has 2 heteroatoms. The Morgan fingerprint density at radius 1 is 1.15 bits per heavy atom. The third kappa shape index (κ3) is 3.08. The molecule has 1 saturated carbocycles. The van der Waals surface area contributed by atoms with Crippen LogP contribution >= 0.6 is 0 Å². The van der Waals surface area contributed by atoms with E-state index in [1.807, 2.05) is 0 Å². The highest BCUT2D eigenvalue weighted by atomic mass is 14.9. The van der Waals surface area contributed by atoms with Gasteiger partial charge in [-0.25, -0.2) is 9.97 Å². The summed E-state index contributed by atoms with van der Waals surface area (Å²) in [4.78, 5) is 9.85. The normalized spacial score (nSPS) is 23.1. The van der Waals surface area contributed by atoms with Crippen LogP contribution in [-0.4, -0.2) is 9.97 Å². The van der Waals surface area contributed by atoms with Crippen molar-refractivity contribution in [1.82, 2.24) is 9.97 Å². The van der Waals surface area contributed by atoms with Crippen LogP contribution in [0.2, 0.25) is 0 Å². The highest BCUT2D eigenvalue weighted by Gasteiger charge is 2.40. The summed E-state index contributed by atoms with van der Waals surface area (Å²) < 4.78 is 0. The predicted octanol–water partition coefficient (Wildman–Crippen LogP) is 5.63. The number of rotatable bonds is 5. The first-order valence-corrected chi connectivity index (χ1v) is 10.3. The van der Waals surface area contributed by atoms with Crippen LogP contribution in [0.25, 0.3) is 0 Å². The van der Waals surface area contributed by atoms with Crippen molar-refractivity contribution >= 4 is 0 Å². The molecule has 1 aromatic carbocycles. The van der Waals surface area contributed by atoms with Crippen LogP contribution in [0.15, 0.2) is 18.2 Å². The first kappa shape index (κ1) is 17.7. The van der Waals surface area contributed by atoms with E-state index in [4.69, 9.17) is 9.97 Å². The van der Waals surface area contributed by atoms with Crippen LogP contribution in [0.4, 0.5) is 0 Å². The van der Waals surface area contributed by atoms with E-state index in [2.05, 4.69) is 52.8 Å². The lowest BCUT2D eigenvalue weighted by Crippen LogP contribution is -2.23. The van der Waals surface area contributed by atoms with Gasteiger partial charge in [0.25, 0.3) is 0 Å². The maximum atomic E-state index is 4.97. The Kier molecular flexibility index (Phi) is 4.41. The summed E-state index contributed by atoms with van der Waals surface area (Å²) in [6.45, 7) is 11.3. The largest absolute Gasteiger partial charge is 0.238 e. The molecule has 138 valence electrons. The van der Waals surface area contributed by atoms with Gasteiger partial charge in [0.15, 0.2) is 0 Å². The Hall–Kier alpha value is -1.70. The van der Waals surface area contributed by atoms with Crippen LogP contribution in [-0.2, 0) is 18.3 Å². The molecule has 2 atom stereocenters. The molecule has 0 bridgehead atoms. The van der Waals surface area contributed by atoms with Gasteiger partial charge < -0.3 is 0 Å². The van der Waals surface area contributed by atoms with Gasteiger partial charge in [-0.1, -0.05) is 30.7 Å². The summed E-state index contributed by atoms with van der Waals surface area (Å²) in [6.07, 6.45) is 7.53. The van der Waals surface area contributed by atoms with Gasteiger partial charge in [-0.2, -0.15) is 0 Å². The van der Waals surface area contributed by atoms with Crippen molar-refractivity contribution in [2.75, 3.05) is 0 Å². The predicted molar refractivity (Wildman–Crippen MR) is 108 cm³/mol. The van der Waals surface area contributed by atoms with Crippen molar-refractivity contribution in [3.63, 3.8) is 0 Å². The molecule has 0 radical (unpaired) electrons. The van der Waals surface area contributed by atoms with Crippen molar-refractivity contribution in [3.05, 3.63) is 57.7 Å². The van der Waals surface area contributed by atoms with Crippen LogP contribution < -0.4 is 0 Å². The van der Waals surface area contributed by atoms with Gasteiger partial charge >= 0.3 is 0 Å². The third-order valence-electron chi connectivity index (χ3n) is 6.84. The van der Waals surface area contributed by atoms with Gasteiger partial charge in [0.2, 0.25) is 0 Å². The fourth-order valence-electron chi connectivity index (χ4n) is 5.03. The maximum Gasteiger partial charge on any atom is 0.125 e. The first-order chi connectivity index (χ1) is 12.4. The summed E-state index contributed by atoms with van der Waals surface area (Å²) in [5.74, 6) is 2.76. The standard InChI is InChI=1S/C24H32N2/c1-15-6-10-21(17(3)14-15)24(5)13-12-20-22(25-18(4)26-23(20)24)11-7-16(2)19-8-9-19/h6,10,14,16,19H,7-9,11-13H2,1-5H3. The van der Waals surface area contributed by atoms with Gasteiger partial charge in [-0.15, -0.1) is 0 Å². The molecular formula is C24H32N2. The number of nitrogens with zero attached hydrogens (tertiary/aromatic N) is 2. The minimum Gasteiger partial charge on any atom is -0.238 e. The highest BCUT2D eigenvalue weighted by Crippen LogP contribution is 2.45. The number of benzene rings is 1. The molecular weight excluding hydrogens is 316 g/mol. The Bertz CT molecular complexity index is 834. The van der Waals surface area contributed by atoms with Gasteiger partial charge in [0.05, 0.1) is 5.69 Å². The molecule has 0 saturated heterocycles. The van der Waals surface area contributed by atoms with Crippen LogP contribution in [0.3, 0.4) is 0 Å². The SMILES string of the molecule is Cc1ccc(C2(C)CCc3c(CCC(C)C4CC4)nc(C)nc32)c(C)c1. The fourth-order valence-corrected chi connectivity index (χ4v) is 5.03. The number of fused-ring (bicyclic) bond motifs is 1. The number of hydrogen-bond acceptors (Lipinski definition) is 2. The monoisotopic (exact) mass is 348 g/mol. The van der Waals surface area contributed by atoms with Crippen molar-refractivity contribution in [2.45, 2.75) is 78.6 Å². The zero-order valence-corrected chi connectivity index (χ0v) is 17.0. The Balaban J connectivity index is 1.69. The van der Waals surface area contributed by atoms with Crippen molar-refractivity contribution in [2.24, 2.45) is 11.8 Å². The summed E-state index contributed by atoms with van der Waals surface area (Å²) in [7, 11) is 0. The second-order valence-electron chi connectivity index (χ2n) is 9.05. The van der Waals surface area contributed by atoms with E-state index >= 15 is 0 Å².